The van der Waals surface area contributed by atoms with Gasteiger partial charge in [-0.25, -0.2) is 9.97 Å². The number of rotatable bonds is 4. The van der Waals surface area contributed by atoms with Crippen molar-refractivity contribution in [3.8, 4) is 39.9 Å². The molecule has 6 nitrogen and oxygen atoms in total. The Morgan fingerprint density at radius 3 is 1.92 bits per heavy atom. The summed E-state index contributed by atoms with van der Waals surface area (Å²) in [7, 11) is 0. The van der Waals surface area contributed by atoms with Gasteiger partial charge in [0.25, 0.3) is 0 Å². The molecular weight excluding hydrogens is 669 g/mol. The zero-order valence-electron chi connectivity index (χ0n) is 28.5. The summed E-state index contributed by atoms with van der Waals surface area (Å²) in [6.07, 6.45) is 1.88. The van der Waals surface area contributed by atoms with Crippen molar-refractivity contribution in [2.45, 2.75) is 6.92 Å². The highest BCUT2D eigenvalue weighted by Gasteiger charge is 2.20. The third-order valence-electron chi connectivity index (χ3n) is 10.1. The maximum absolute atomic E-state index is 5.11. The normalized spacial score (nSPS) is 11.9. The smallest absolute Gasteiger partial charge is 0.238 e. The van der Waals surface area contributed by atoms with E-state index in [2.05, 4.69) is 89.5 Å². The van der Waals surface area contributed by atoms with Gasteiger partial charge in [-0.15, -0.1) is 11.3 Å². The zero-order chi connectivity index (χ0) is 35.0. The topological polar surface area (TPSA) is 69.4 Å². The van der Waals surface area contributed by atoms with Crippen LogP contribution >= 0.6 is 11.3 Å². The van der Waals surface area contributed by atoms with Gasteiger partial charge in [0.2, 0.25) is 5.95 Å². The minimum absolute atomic E-state index is 0.571. The van der Waals surface area contributed by atoms with Gasteiger partial charge in [-0.3, -0.25) is 9.55 Å². The van der Waals surface area contributed by atoms with Crippen LogP contribution in [-0.4, -0.2) is 29.5 Å². The van der Waals surface area contributed by atoms with Gasteiger partial charge in [0, 0.05) is 59.2 Å². The second-order valence-corrected chi connectivity index (χ2v) is 14.5. The van der Waals surface area contributed by atoms with Gasteiger partial charge in [0.05, 0.1) is 27.8 Å². The number of aromatic nitrogens is 6. The first-order valence-electron chi connectivity index (χ1n) is 17.6. The molecule has 7 aromatic carbocycles. The van der Waals surface area contributed by atoms with E-state index in [4.69, 9.17) is 24.9 Å². The molecule has 0 unspecified atom stereocenters. The number of nitrogens with zero attached hydrogens (tertiary/aromatic N) is 6. The highest BCUT2D eigenvalue weighted by atomic mass is 32.1. The average Bonchev–Trinajstić information content (AvgIpc) is 3.75. The van der Waals surface area contributed by atoms with Gasteiger partial charge >= 0.3 is 0 Å². The molecule has 248 valence electrons. The van der Waals surface area contributed by atoms with Gasteiger partial charge < -0.3 is 0 Å². The molecule has 0 amide bonds. The molecule has 0 radical (unpaired) electrons. The molecule has 0 saturated heterocycles. The lowest BCUT2D eigenvalue weighted by molar-refractivity contribution is 0.953. The molecule has 0 atom stereocenters. The number of para-hydroxylation sites is 1. The van der Waals surface area contributed by atoms with Crippen molar-refractivity contribution < 1.29 is 0 Å². The summed E-state index contributed by atoms with van der Waals surface area (Å²) < 4.78 is 4.72. The third-order valence-corrected chi connectivity index (χ3v) is 11.3. The van der Waals surface area contributed by atoms with Crippen LogP contribution in [0.2, 0.25) is 0 Å². The number of benzene rings is 7. The SMILES string of the molecule is Cc1cnc2c(n1)c(-c1ccc3c(c1)c1ccccc1n3-c1nc(-c3ccccc3)nc(-c3ccccc3)n1)cc1cc3sc4ccccc4c3cc12. The molecule has 0 spiro atoms. The van der Waals surface area contributed by atoms with E-state index in [0.717, 1.165) is 71.6 Å². The lowest BCUT2D eigenvalue weighted by atomic mass is 9.96. The average molecular weight is 697 g/mol. The van der Waals surface area contributed by atoms with Crippen molar-refractivity contribution in [2.75, 3.05) is 0 Å². The number of hydrogen-bond acceptors (Lipinski definition) is 6. The number of aryl methyl sites for hydroxylation is 1. The molecule has 4 heterocycles. The van der Waals surface area contributed by atoms with Gasteiger partial charge in [-0.1, -0.05) is 103 Å². The third kappa shape index (κ3) is 4.75. The van der Waals surface area contributed by atoms with Crippen molar-refractivity contribution in [2.24, 2.45) is 0 Å². The second-order valence-electron chi connectivity index (χ2n) is 13.4. The Bertz CT molecular complexity index is 3180. The van der Waals surface area contributed by atoms with E-state index in [9.17, 15) is 0 Å². The molecule has 0 aliphatic heterocycles. The Hall–Kier alpha value is -6.83. The predicted molar refractivity (Wildman–Crippen MR) is 219 cm³/mol. The maximum Gasteiger partial charge on any atom is 0.238 e. The van der Waals surface area contributed by atoms with Crippen LogP contribution in [0.4, 0.5) is 0 Å². The quantitative estimate of drug-likeness (QED) is 0.171. The fraction of sp³-hybridized carbons (Fsp3) is 0.0217. The van der Waals surface area contributed by atoms with E-state index < -0.39 is 0 Å². The van der Waals surface area contributed by atoms with Crippen LogP contribution in [0.1, 0.15) is 5.69 Å². The summed E-state index contributed by atoms with van der Waals surface area (Å²) in [5.41, 5.74) is 8.74. The molecule has 7 heteroatoms. The van der Waals surface area contributed by atoms with Crippen LogP contribution in [0.15, 0.2) is 152 Å². The van der Waals surface area contributed by atoms with Crippen LogP contribution in [0.5, 0.6) is 0 Å². The van der Waals surface area contributed by atoms with Crippen LogP contribution < -0.4 is 0 Å². The molecule has 0 saturated carbocycles. The number of fused-ring (bicyclic) bond motifs is 9. The monoisotopic (exact) mass is 696 g/mol. The van der Waals surface area contributed by atoms with E-state index in [0.29, 0.717) is 17.6 Å². The largest absolute Gasteiger partial charge is 0.278 e. The van der Waals surface area contributed by atoms with Crippen LogP contribution in [-0.2, 0) is 0 Å². The van der Waals surface area contributed by atoms with Crippen LogP contribution in [0.25, 0.3) is 104 Å². The number of hydrogen-bond donors (Lipinski definition) is 0. The Morgan fingerprint density at radius 1 is 0.472 bits per heavy atom. The van der Waals surface area contributed by atoms with Gasteiger partial charge in [0.1, 0.15) is 0 Å². The minimum Gasteiger partial charge on any atom is -0.278 e. The highest BCUT2D eigenvalue weighted by Crippen LogP contribution is 2.42. The summed E-state index contributed by atoms with van der Waals surface area (Å²) >= 11 is 1.83. The first-order chi connectivity index (χ1) is 26.2. The van der Waals surface area contributed by atoms with Crippen molar-refractivity contribution in [1.29, 1.82) is 0 Å². The van der Waals surface area contributed by atoms with E-state index >= 15 is 0 Å². The van der Waals surface area contributed by atoms with Gasteiger partial charge in [-0.05, 0) is 60.3 Å². The highest BCUT2D eigenvalue weighted by molar-refractivity contribution is 7.25. The molecule has 11 rings (SSSR count). The number of thiophene rings is 1. The summed E-state index contributed by atoms with van der Waals surface area (Å²) in [6.45, 7) is 2.01. The van der Waals surface area contributed by atoms with E-state index in [1.807, 2.05) is 85.1 Å². The molecular formula is C46H28N6S. The Kier molecular flexibility index (Phi) is 6.53. The molecule has 0 fully saturated rings. The Labute approximate surface area is 307 Å². The Morgan fingerprint density at radius 2 is 1.15 bits per heavy atom. The van der Waals surface area contributed by atoms with Crippen molar-refractivity contribution in [3.63, 3.8) is 0 Å². The van der Waals surface area contributed by atoms with Crippen molar-refractivity contribution in [3.05, 3.63) is 157 Å². The van der Waals surface area contributed by atoms with E-state index in [1.165, 1.54) is 20.2 Å². The van der Waals surface area contributed by atoms with Crippen LogP contribution in [0, 0.1) is 6.92 Å². The summed E-state index contributed by atoms with van der Waals surface area (Å²) in [5.74, 6) is 1.82. The van der Waals surface area contributed by atoms with E-state index in [1.54, 1.807) is 0 Å². The molecule has 53 heavy (non-hydrogen) atoms. The molecule has 4 aromatic heterocycles. The fourth-order valence-electron chi connectivity index (χ4n) is 7.67. The predicted octanol–water partition coefficient (Wildman–Crippen LogP) is 11.7. The molecule has 0 aliphatic rings. The molecule has 0 N–H and O–H groups in total. The van der Waals surface area contributed by atoms with Gasteiger partial charge in [-0.2, -0.15) is 9.97 Å². The molecule has 11 aromatic rings. The summed E-state index contributed by atoms with van der Waals surface area (Å²) in [4.78, 5) is 25.3. The molecule has 0 aliphatic carbocycles. The Balaban J connectivity index is 1.16. The fourth-order valence-corrected chi connectivity index (χ4v) is 8.81. The summed E-state index contributed by atoms with van der Waals surface area (Å²) in [5, 5.41) is 7.02. The minimum atomic E-state index is 0.571. The lowest BCUT2D eigenvalue weighted by Gasteiger charge is -2.12. The lowest BCUT2D eigenvalue weighted by Crippen LogP contribution is -2.06. The second kappa shape index (κ2) is 11.6. The summed E-state index contributed by atoms with van der Waals surface area (Å²) in [6, 6.07) is 50.9. The first-order valence-corrected chi connectivity index (χ1v) is 18.4. The zero-order valence-corrected chi connectivity index (χ0v) is 29.3. The van der Waals surface area contributed by atoms with Crippen LogP contribution in [0.3, 0.4) is 0 Å². The standard InChI is InChI=1S/C46H28N6S/c1-27-26-47-42-35-25-37-33-17-9-11-19-40(33)53-41(37)24-31(35)23-34(43(42)48-27)30-20-21-39-36(22-30)32-16-8-10-18-38(32)52(39)46-50-44(28-12-4-2-5-13-28)49-45(51-46)29-14-6-3-7-15-29/h2-26H,1H3. The molecule has 0 bridgehead atoms. The van der Waals surface area contributed by atoms with Crippen molar-refractivity contribution >= 4 is 75.1 Å². The van der Waals surface area contributed by atoms with Crippen molar-refractivity contribution in [1.82, 2.24) is 29.5 Å². The van der Waals surface area contributed by atoms with E-state index in [-0.39, 0.29) is 0 Å². The van der Waals surface area contributed by atoms with Gasteiger partial charge in [0.15, 0.2) is 11.6 Å². The maximum atomic E-state index is 5.11. The first kappa shape index (κ1) is 29.9.